The number of hydrogen-bond acceptors (Lipinski definition) is 4. The number of aryl methyl sites for hydroxylation is 1. The number of halogens is 1. The summed E-state index contributed by atoms with van der Waals surface area (Å²) >= 11 is 6.28. The van der Waals surface area contributed by atoms with Crippen molar-refractivity contribution in [2.75, 3.05) is 19.0 Å². The summed E-state index contributed by atoms with van der Waals surface area (Å²) in [5, 5.41) is 10.8. The Kier molecular flexibility index (Phi) is 7.44. The molecule has 3 aromatic carbocycles. The summed E-state index contributed by atoms with van der Waals surface area (Å²) in [7, 11) is 4.03. The van der Waals surface area contributed by atoms with Crippen molar-refractivity contribution < 1.29 is 14.7 Å². The van der Waals surface area contributed by atoms with E-state index in [0.29, 0.717) is 11.6 Å². The van der Waals surface area contributed by atoms with Crippen LogP contribution in [0.15, 0.2) is 79.1 Å². The van der Waals surface area contributed by atoms with Crippen LogP contribution in [0.5, 0.6) is 0 Å². The second-order valence-corrected chi connectivity index (χ2v) is 10.6. The van der Waals surface area contributed by atoms with E-state index in [-0.39, 0.29) is 18.9 Å². The highest BCUT2D eigenvalue weighted by Gasteiger charge is 2.40. The number of amides is 1. The minimum Gasteiger partial charge on any atom is -0.480 e. The molecule has 1 aliphatic rings. The van der Waals surface area contributed by atoms with Crippen LogP contribution in [0.4, 0.5) is 5.69 Å². The summed E-state index contributed by atoms with van der Waals surface area (Å²) in [6, 6.07) is 21.9. The van der Waals surface area contributed by atoms with E-state index < -0.39 is 17.9 Å². The monoisotopic (exact) mass is 542 g/mol. The third-order valence-electron chi connectivity index (χ3n) is 7.34. The van der Waals surface area contributed by atoms with Crippen molar-refractivity contribution in [3.05, 3.63) is 118 Å². The molecule has 39 heavy (non-hydrogen) atoms. The van der Waals surface area contributed by atoms with E-state index >= 15 is 0 Å². The van der Waals surface area contributed by atoms with Gasteiger partial charge in [-0.1, -0.05) is 66.2 Å². The van der Waals surface area contributed by atoms with Crippen molar-refractivity contribution in [2.45, 2.75) is 38.4 Å². The second kappa shape index (κ2) is 10.9. The Labute approximate surface area is 233 Å². The first-order valence-corrected chi connectivity index (χ1v) is 13.2. The maximum atomic E-state index is 14.1. The molecule has 5 rings (SSSR count). The number of carboxylic acid groups (broad SMARTS) is 1. The standard InChI is InChI=1S/C31H31ClN4O3/c1-20-14-21(12-13-26(20)34(2)3)17-35-19-33-25-18-36(28(31(38)39)16-27(25)35)30(37)29(22-8-5-4-6-9-22)23-10-7-11-24(32)15-23/h4-15,19,28-29H,16-18H2,1-3H3,(H,38,39). The van der Waals surface area contributed by atoms with Crippen molar-refractivity contribution in [3.63, 3.8) is 0 Å². The molecule has 2 unspecified atom stereocenters. The molecule has 0 radical (unpaired) electrons. The molecule has 0 saturated carbocycles. The van der Waals surface area contributed by atoms with Gasteiger partial charge in [0.1, 0.15) is 6.04 Å². The first-order chi connectivity index (χ1) is 18.7. The molecule has 0 aliphatic carbocycles. The molecule has 1 N–H and O–H groups in total. The van der Waals surface area contributed by atoms with E-state index in [1.807, 2.05) is 55.1 Å². The molecule has 0 saturated heterocycles. The lowest BCUT2D eigenvalue weighted by Gasteiger charge is -2.35. The van der Waals surface area contributed by atoms with Crippen molar-refractivity contribution in [1.82, 2.24) is 14.5 Å². The lowest BCUT2D eigenvalue weighted by Crippen LogP contribution is -2.50. The van der Waals surface area contributed by atoms with E-state index in [1.165, 1.54) is 10.5 Å². The highest BCUT2D eigenvalue weighted by Crippen LogP contribution is 2.33. The van der Waals surface area contributed by atoms with Crippen LogP contribution in [0.1, 0.15) is 39.6 Å². The summed E-state index contributed by atoms with van der Waals surface area (Å²) in [4.78, 5) is 34.8. The molecule has 2 atom stereocenters. The Balaban J connectivity index is 1.47. The number of hydrogen-bond donors (Lipinski definition) is 1. The number of carboxylic acids is 1. The van der Waals surface area contributed by atoms with Crippen LogP contribution in [-0.2, 0) is 29.1 Å². The van der Waals surface area contributed by atoms with Crippen LogP contribution >= 0.6 is 11.6 Å². The second-order valence-electron chi connectivity index (χ2n) is 10.2. The van der Waals surface area contributed by atoms with Gasteiger partial charge in [0.15, 0.2) is 0 Å². The van der Waals surface area contributed by atoms with Crippen molar-refractivity contribution in [3.8, 4) is 0 Å². The van der Waals surface area contributed by atoms with Gasteiger partial charge >= 0.3 is 5.97 Å². The van der Waals surface area contributed by atoms with E-state index in [4.69, 9.17) is 11.6 Å². The summed E-state index contributed by atoms with van der Waals surface area (Å²) in [5.74, 6) is -2.01. The number of aromatic nitrogens is 2. The molecule has 0 fully saturated rings. The van der Waals surface area contributed by atoms with Crippen LogP contribution < -0.4 is 4.90 Å². The molecule has 1 aromatic heterocycles. The smallest absolute Gasteiger partial charge is 0.326 e. The molecular formula is C31H31ClN4O3. The quantitative estimate of drug-likeness (QED) is 0.350. The maximum absolute atomic E-state index is 14.1. The highest BCUT2D eigenvalue weighted by atomic mass is 35.5. The van der Waals surface area contributed by atoms with Crippen molar-refractivity contribution in [1.29, 1.82) is 0 Å². The fourth-order valence-corrected chi connectivity index (χ4v) is 5.66. The first kappa shape index (κ1) is 26.5. The highest BCUT2D eigenvalue weighted by molar-refractivity contribution is 6.30. The largest absolute Gasteiger partial charge is 0.480 e. The number of benzene rings is 3. The Bertz CT molecular complexity index is 1520. The summed E-state index contributed by atoms with van der Waals surface area (Å²) in [6.07, 6.45) is 1.93. The molecule has 200 valence electrons. The number of nitrogens with zero attached hydrogens (tertiary/aromatic N) is 4. The number of carbonyl (C=O) groups is 2. The minimum absolute atomic E-state index is 0.126. The zero-order valence-electron chi connectivity index (χ0n) is 22.2. The van der Waals surface area contributed by atoms with E-state index in [0.717, 1.165) is 33.8 Å². The van der Waals surface area contributed by atoms with Crippen LogP contribution in [0.3, 0.4) is 0 Å². The van der Waals surface area contributed by atoms with Gasteiger partial charge in [0, 0.05) is 43.5 Å². The van der Waals surface area contributed by atoms with E-state index in [2.05, 4.69) is 35.0 Å². The number of aliphatic carboxylic acids is 1. The Morgan fingerprint density at radius 2 is 1.79 bits per heavy atom. The fourth-order valence-electron chi connectivity index (χ4n) is 5.46. The first-order valence-electron chi connectivity index (χ1n) is 12.9. The van der Waals surface area contributed by atoms with Gasteiger partial charge in [-0.25, -0.2) is 9.78 Å². The fraction of sp³-hybridized carbons (Fsp3) is 0.258. The third-order valence-corrected chi connectivity index (χ3v) is 7.58. The number of anilines is 1. The van der Waals surface area contributed by atoms with Crippen LogP contribution in [-0.4, -0.2) is 51.6 Å². The number of carbonyl (C=O) groups excluding carboxylic acids is 1. The van der Waals surface area contributed by atoms with Gasteiger partial charge in [-0.05, 0) is 47.4 Å². The number of imidazole rings is 1. The maximum Gasteiger partial charge on any atom is 0.326 e. The van der Waals surface area contributed by atoms with Crippen LogP contribution in [0.25, 0.3) is 0 Å². The number of rotatable bonds is 7. The molecule has 0 spiro atoms. The van der Waals surface area contributed by atoms with Crippen molar-refractivity contribution in [2.24, 2.45) is 0 Å². The minimum atomic E-state index is -1.04. The van der Waals surface area contributed by atoms with E-state index in [9.17, 15) is 14.7 Å². The molecule has 1 amide bonds. The van der Waals surface area contributed by atoms with Gasteiger partial charge in [0.25, 0.3) is 0 Å². The molecule has 0 bridgehead atoms. The van der Waals surface area contributed by atoms with Gasteiger partial charge in [0.2, 0.25) is 5.91 Å². The Morgan fingerprint density at radius 1 is 1.05 bits per heavy atom. The molecule has 8 heteroatoms. The third kappa shape index (κ3) is 5.40. The molecular weight excluding hydrogens is 512 g/mol. The topological polar surface area (TPSA) is 78.7 Å². The summed E-state index contributed by atoms with van der Waals surface area (Å²) in [5.41, 5.74) is 6.49. The lowest BCUT2D eigenvalue weighted by atomic mass is 9.88. The SMILES string of the molecule is Cc1cc(Cn2cnc3c2CC(C(=O)O)N(C(=O)C(c2ccccc2)c2cccc(Cl)c2)C3)ccc1N(C)C. The van der Waals surface area contributed by atoms with Gasteiger partial charge in [-0.15, -0.1) is 0 Å². The Morgan fingerprint density at radius 3 is 2.46 bits per heavy atom. The molecule has 2 heterocycles. The van der Waals surface area contributed by atoms with Crippen LogP contribution in [0.2, 0.25) is 5.02 Å². The normalized spacial score (nSPS) is 15.5. The average Bonchev–Trinajstić information content (AvgIpc) is 3.30. The number of fused-ring (bicyclic) bond motifs is 1. The Hall–Kier alpha value is -4.10. The summed E-state index contributed by atoms with van der Waals surface area (Å²) < 4.78 is 2.00. The van der Waals surface area contributed by atoms with Crippen molar-refractivity contribution >= 4 is 29.2 Å². The lowest BCUT2D eigenvalue weighted by molar-refractivity contribution is -0.151. The van der Waals surface area contributed by atoms with Crippen LogP contribution in [0, 0.1) is 6.92 Å². The average molecular weight is 543 g/mol. The van der Waals surface area contributed by atoms with Gasteiger partial charge in [-0.3, -0.25) is 4.79 Å². The van der Waals surface area contributed by atoms with Gasteiger partial charge < -0.3 is 19.5 Å². The molecule has 7 nitrogen and oxygen atoms in total. The predicted molar refractivity (Wildman–Crippen MR) is 152 cm³/mol. The van der Waals surface area contributed by atoms with Gasteiger partial charge in [-0.2, -0.15) is 0 Å². The predicted octanol–water partition coefficient (Wildman–Crippen LogP) is 5.13. The molecule has 1 aliphatic heterocycles. The zero-order valence-corrected chi connectivity index (χ0v) is 23.0. The molecule has 4 aromatic rings. The van der Waals surface area contributed by atoms with E-state index in [1.54, 1.807) is 24.5 Å². The summed E-state index contributed by atoms with van der Waals surface area (Å²) in [6.45, 7) is 2.78. The zero-order chi connectivity index (χ0) is 27.7. The van der Waals surface area contributed by atoms with Gasteiger partial charge in [0.05, 0.1) is 24.5 Å².